The molecule has 1 heterocycles. The first kappa shape index (κ1) is 16.0. The number of hydrogen-bond donors (Lipinski definition) is 2. The highest BCUT2D eigenvalue weighted by molar-refractivity contribution is 5.97. The number of aryl methyl sites for hydroxylation is 1. The number of nitrogens with one attached hydrogen (secondary N) is 1. The fraction of sp³-hybridized carbons (Fsp3) is 0.429. The van der Waals surface area contributed by atoms with Gasteiger partial charge in [-0.1, -0.05) is 13.3 Å². The molecule has 8 heteroatoms. The molecule has 0 aliphatic heterocycles. The molecule has 0 aliphatic rings. The van der Waals surface area contributed by atoms with Crippen molar-refractivity contribution in [3.63, 3.8) is 0 Å². The van der Waals surface area contributed by atoms with Crippen molar-refractivity contribution in [2.75, 3.05) is 5.32 Å². The van der Waals surface area contributed by atoms with Crippen LogP contribution in [-0.2, 0) is 4.79 Å². The van der Waals surface area contributed by atoms with Crippen LogP contribution in [0.1, 0.15) is 32.5 Å². The molecular weight excluding hydrogens is 287 g/mol. The van der Waals surface area contributed by atoms with Gasteiger partial charge in [-0.2, -0.15) is 4.68 Å². The van der Waals surface area contributed by atoms with Crippen LogP contribution in [0.25, 0.3) is 5.69 Å². The fourth-order valence-electron chi connectivity index (χ4n) is 2.11. The van der Waals surface area contributed by atoms with E-state index in [0.717, 1.165) is 6.42 Å². The molecule has 0 saturated carbocycles. The van der Waals surface area contributed by atoms with E-state index in [9.17, 15) is 9.18 Å². The Hall–Kier alpha value is -2.35. The third-order valence-electron chi connectivity index (χ3n) is 3.35. The zero-order valence-corrected chi connectivity index (χ0v) is 12.8. The van der Waals surface area contributed by atoms with Crippen molar-refractivity contribution >= 4 is 11.6 Å². The van der Waals surface area contributed by atoms with E-state index in [-0.39, 0.29) is 11.6 Å². The van der Waals surface area contributed by atoms with Crippen molar-refractivity contribution in [1.82, 2.24) is 20.2 Å². The SMILES string of the molecule is CCCC(C)(N)C(=O)Nc1ccc(F)c(-n2nnnc2C)c1. The van der Waals surface area contributed by atoms with E-state index in [1.807, 2.05) is 6.92 Å². The molecule has 22 heavy (non-hydrogen) atoms. The Balaban J connectivity index is 2.27. The highest BCUT2D eigenvalue weighted by Gasteiger charge is 2.27. The van der Waals surface area contributed by atoms with Crippen molar-refractivity contribution in [3.05, 3.63) is 29.8 Å². The second-order valence-electron chi connectivity index (χ2n) is 5.43. The summed E-state index contributed by atoms with van der Waals surface area (Å²) < 4.78 is 15.2. The Morgan fingerprint density at radius 3 is 2.82 bits per heavy atom. The molecule has 0 fully saturated rings. The lowest BCUT2D eigenvalue weighted by Crippen LogP contribution is -2.48. The molecule has 7 nitrogen and oxygen atoms in total. The third-order valence-corrected chi connectivity index (χ3v) is 3.35. The summed E-state index contributed by atoms with van der Waals surface area (Å²) in [7, 11) is 0. The van der Waals surface area contributed by atoms with Crippen molar-refractivity contribution in [3.8, 4) is 5.69 Å². The maximum Gasteiger partial charge on any atom is 0.244 e. The summed E-state index contributed by atoms with van der Waals surface area (Å²) in [5.41, 5.74) is 5.60. The van der Waals surface area contributed by atoms with Gasteiger partial charge in [0.05, 0.1) is 5.54 Å². The molecule has 0 saturated heterocycles. The fourth-order valence-corrected chi connectivity index (χ4v) is 2.11. The molecule has 0 radical (unpaired) electrons. The number of nitrogens with zero attached hydrogens (tertiary/aromatic N) is 4. The monoisotopic (exact) mass is 306 g/mol. The quantitative estimate of drug-likeness (QED) is 0.873. The molecule has 2 rings (SSSR count). The first-order valence-corrected chi connectivity index (χ1v) is 7.00. The zero-order valence-electron chi connectivity index (χ0n) is 12.8. The van der Waals surface area contributed by atoms with Gasteiger partial charge in [0.1, 0.15) is 11.5 Å². The Bertz CT molecular complexity index is 682. The van der Waals surface area contributed by atoms with Crippen LogP contribution in [0.2, 0.25) is 0 Å². The minimum Gasteiger partial charge on any atom is -0.324 e. The summed E-state index contributed by atoms with van der Waals surface area (Å²) in [5.74, 6) is -0.366. The predicted octanol–water partition coefficient (Wildman–Crippen LogP) is 1.57. The molecule has 0 aliphatic carbocycles. The van der Waals surface area contributed by atoms with Crippen LogP contribution in [0.5, 0.6) is 0 Å². The number of carbonyl (C=O) groups excluding carboxylic acids is 1. The summed E-state index contributed by atoms with van der Waals surface area (Å²) in [4.78, 5) is 12.2. The van der Waals surface area contributed by atoms with Crippen LogP contribution in [0.15, 0.2) is 18.2 Å². The van der Waals surface area contributed by atoms with Gasteiger partial charge in [-0.05, 0) is 48.9 Å². The highest BCUT2D eigenvalue weighted by Crippen LogP contribution is 2.20. The van der Waals surface area contributed by atoms with E-state index in [2.05, 4.69) is 20.8 Å². The van der Waals surface area contributed by atoms with Crippen LogP contribution in [0.3, 0.4) is 0 Å². The third kappa shape index (κ3) is 3.28. The minimum atomic E-state index is -0.978. The maximum absolute atomic E-state index is 14.0. The van der Waals surface area contributed by atoms with Crippen LogP contribution < -0.4 is 11.1 Å². The smallest absolute Gasteiger partial charge is 0.244 e. The van der Waals surface area contributed by atoms with Gasteiger partial charge in [0, 0.05) is 5.69 Å². The molecule has 0 spiro atoms. The lowest BCUT2D eigenvalue weighted by atomic mass is 9.96. The zero-order chi connectivity index (χ0) is 16.3. The Morgan fingerprint density at radius 2 is 2.23 bits per heavy atom. The van der Waals surface area contributed by atoms with Gasteiger partial charge >= 0.3 is 0 Å². The lowest BCUT2D eigenvalue weighted by Gasteiger charge is -2.23. The van der Waals surface area contributed by atoms with Gasteiger partial charge in [-0.25, -0.2) is 4.39 Å². The Morgan fingerprint density at radius 1 is 1.50 bits per heavy atom. The van der Waals surface area contributed by atoms with E-state index in [1.54, 1.807) is 13.8 Å². The van der Waals surface area contributed by atoms with E-state index >= 15 is 0 Å². The van der Waals surface area contributed by atoms with E-state index in [4.69, 9.17) is 5.73 Å². The van der Waals surface area contributed by atoms with Gasteiger partial charge in [0.2, 0.25) is 5.91 Å². The van der Waals surface area contributed by atoms with Gasteiger partial charge in [0.25, 0.3) is 0 Å². The number of tetrazole rings is 1. The average Bonchev–Trinajstić information content (AvgIpc) is 2.87. The van der Waals surface area contributed by atoms with Crippen LogP contribution >= 0.6 is 0 Å². The number of hydrogen-bond acceptors (Lipinski definition) is 5. The molecule has 3 N–H and O–H groups in total. The molecular formula is C14H19FN6O. The number of nitrogens with two attached hydrogens (primary N) is 1. The maximum atomic E-state index is 14.0. The molecule has 2 aromatic rings. The van der Waals surface area contributed by atoms with Gasteiger partial charge in [-0.3, -0.25) is 4.79 Å². The number of aromatic nitrogens is 4. The summed E-state index contributed by atoms with van der Waals surface area (Å²) in [6.07, 6.45) is 1.35. The van der Waals surface area contributed by atoms with Crippen molar-refractivity contribution < 1.29 is 9.18 Å². The van der Waals surface area contributed by atoms with Gasteiger partial charge in [0.15, 0.2) is 5.82 Å². The molecule has 1 aromatic carbocycles. The minimum absolute atomic E-state index is 0.162. The molecule has 0 bridgehead atoms. The summed E-state index contributed by atoms with van der Waals surface area (Å²) in [5, 5.41) is 13.6. The van der Waals surface area contributed by atoms with Gasteiger partial charge < -0.3 is 11.1 Å². The van der Waals surface area contributed by atoms with Crippen molar-refractivity contribution in [1.29, 1.82) is 0 Å². The summed E-state index contributed by atoms with van der Waals surface area (Å²) >= 11 is 0. The number of anilines is 1. The van der Waals surface area contributed by atoms with E-state index in [0.29, 0.717) is 17.9 Å². The van der Waals surface area contributed by atoms with Crippen molar-refractivity contribution in [2.45, 2.75) is 39.2 Å². The highest BCUT2D eigenvalue weighted by atomic mass is 19.1. The number of amides is 1. The van der Waals surface area contributed by atoms with E-state index in [1.165, 1.54) is 22.9 Å². The van der Waals surface area contributed by atoms with Crippen LogP contribution in [0.4, 0.5) is 10.1 Å². The predicted molar refractivity (Wildman–Crippen MR) is 80.0 cm³/mol. The first-order chi connectivity index (χ1) is 10.3. The Kier molecular flexibility index (Phi) is 4.51. The lowest BCUT2D eigenvalue weighted by molar-refractivity contribution is -0.120. The molecule has 1 amide bonds. The second kappa shape index (κ2) is 6.18. The van der Waals surface area contributed by atoms with Gasteiger partial charge in [-0.15, -0.1) is 5.10 Å². The number of benzene rings is 1. The molecule has 1 atom stereocenters. The van der Waals surface area contributed by atoms with Crippen molar-refractivity contribution in [2.24, 2.45) is 5.73 Å². The number of halogens is 1. The summed E-state index contributed by atoms with van der Waals surface area (Å²) in [6, 6.07) is 4.19. The standard InChI is InChI=1S/C14H19FN6O/c1-4-7-14(3,16)13(22)17-10-5-6-11(15)12(8-10)21-9(2)18-19-20-21/h5-6,8H,4,7,16H2,1-3H3,(H,17,22). The molecule has 1 aromatic heterocycles. The van der Waals surface area contributed by atoms with Crippen LogP contribution in [-0.4, -0.2) is 31.7 Å². The molecule has 118 valence electrons. The van der Waals surface area contributed by atoms with Crippen LogP contribution in [0, 0.1) is 12.7 Å². The Labute approximate surface area is 127 Å². The topological polar surface area (TPSA) is 98.7 Å². The van der Waals surface area contributed by atoms with E-state index < -0.39 is 11.4 Å². The summed E-state index contributed by atoms with van der Waals surface area (Å²) in [6.45, 7) is 5.28. The molecule has 1 unspecified atom stereocenters. The average molecular weight is 306 g/mol. The largest absolute Gasteiger partial charge is 0.324 e. The number of rotatable bonds is 5. The normalized spacial score (nSPS) is 13.7. The first-order valence-electron chi connectivity index (χ1n) is 7.00. The second-order valence-corrected chi connectivity index (χ2v) is 5.43. The number of carbonyl (C=O) groups is 1.